The number of ether oxygens (including phenoxy) is 3. The maximum atomic E-state index is 12.7. The van der Waals surface area contributed by atoms with Crippen LogP contribution in [0.4, 0.5) is 0 Å². The Morgan fingerprint density at radius 3 is 1.02 bits per heavy atom. The van der Waals surface area contributed by atoms with Crippen molar-refractivity contribution in [1.29, 1.82) is 0 Å². The molecule has 0 radical (unpaired) electrons. The molecule has 0 aromatic carbocycles. The van der Waals surface area contributed by atoms with Gasteiger partial charge in [-0.3, -0.25) is 14.4 Å². The highest BCUT2D eigenvalue weighted by molar-refractivity contribution is 5.71. The molecule has 1 unspecified atom stereocenters. The van der Waals surface area contributed by atoms with E-state index in [9.17, 15) is 14.4 Å². The van der Waals surface area contributed by atoms with Gasteiger partial charge in [0.05, 0.1) is 0 Å². The van der Waals surface area contributed by atoms with Gasteiger partial charge in [-0.05, 0) is 38.5 Å². The van der Waals surface area contributed by atoms with Crippen molar-refractivity contribution in [3.05, 3.63) is 12.2 Å². The average Bonchev–Trinajstić information content (AvgIpc) is 3.14. The molecule has 0 aromatic heterocycles. The Balaban J connectivity index is 4.31. The predicted octanol–water partition coefficient (Wildman–Crippen LogP) is 14.3. The lowest BCUT2D eigenvalue weighted by atomic mass is 10.0. The molecular weight excluding hydrogens is 649 g/mol. The summed E-state index contributed by atoms with van der Waals surface area (Å²) in [5.74, 6) is -0.878. The van der Waals surface area contributed by atoms with E-state index < -0.39 is 6.10 Å². The van der Waals surface area contributed by atoms with E-state index in [2.05, 4.69) is 32.9 Å². The average molecular weight is 735 g/mol. The predicted molar refractivity (Wildman–Crippen MR) is 220 cm³/mol. The second kappa shape index (κ2) is 41.9. The molecule has 0 bridgehead atoms. The fourth-order valence-electron chi connectivity index (χ4n) is 6.54. The van der Waals surface area contributed by atoms with Crippen LogP contribution in [0.25, 0.3) is 0 Å². The van der Waals surface area contributed by atoms with Gasteiger partial charge in [-0.15, -0.1) is 0 Å². The fraction of sp³-hybridized carbons (Fsp3) is 0.891. The van der Waals surface area contributed by atoms with Crippen LogP contribution in [-0.4, -0.2) is 37.2 Å². The van der Waals surface area contributed by atoms with Gasteiger partial charge in [0.25, 0.3) is 0 Å². The molecule has 0 N–H and O–H groups in total. The summed E-state index contributed by atoms with van der Waals surface area (Å²) in [7, 11) is 0. The number of unbranched alkanes of at least 4 members (excludes halogenated alkanes) is 28. The highest BCUT2D eigenvalue weighted by Crippen LogP contribution is 2.15. The summed E-state index contributed by atoms with van der Waals surface area (Å²) in [6.07, 6.45) is 43.3. The highest BCUT2D eigenvalue weighted by Gasteiger charge is 2.19. The summed E-state index contributed by atoms with van der Waals surface area (Å²) in [4.78, 5) is 37.6. The third-order valence-corrected chi connectivity index (χ3v) is 10.0. The summed E-state index contributed by atoms with van der Waals surface area (Å²) in [6, 6.07) is 0. The minimum Gasteiger partial charge on any atom is -0.462 e. The van der Waals surface area contributed by atoms with E-state index in [1.54, 1.807) is 0 Å². The summed E-state index contributed by atoms with van der Waals surface area (Å²) in [5, 5.41) is 0. The Kier molecular flexibility index (Phi) is 40.4. The summed E-state index contributed by atoms with van der Waals surface area (Å²) in [6.45, 7) is 6.58. The number of carbonyl (C=O) groups excluding carboxylic acids is 3. The molecule has 0 aliphatic carbocycles. The first-order valence-corrected chi connectivity index (χ1v) is 22.7. The van der Waals surface area contributed by atoms with Gasteiger partial charge in [-0.25, -0.2) is 0 Å². The number of hydrogen-bond acceptors (Lipinski definition) is 6. The normalized spacial score (nSPS) is 12.0. The second-order valence-electron chi connectivity index (χ2n) is 15.3. The van der Waals surface area contributed by atoms with E-state index in [1.165, 1.54) is 128 Å². The molecule has 6 nitrogen and oxygen atoms in total. The van der Waals surface area contributed by atoms with Crippen molar-refractivity contribution in [3.63, 3.8) is 0 Å². The summed E-state index contributed by atoms with van der Waals surface area (Å²) in [5.41, 5.74) is 0. The number of rotatable bonds is 41. The van der Waals surface area contributed by atoms with E-state index in [-0.39, 0.29) is 31.1 Å². The van der Waals surface area contributed by atoms with Gasteiger partial charge < -0.3 is 14.2 Å². The topological polar surface area (TPSA) is 78.9 Å². The second-order valence-corrected chi connectivity index (χ2v) is 15.3. The van der Waals surface area contributed by atoms with Crippen LogP contribution in [0.3, 0.4) is 0 Å². The Morgan fingerprint density at radius 2 is 0.654 bits per heavy atom. The van der Waals surface area contributed by atoms with Crippen molar-refractivity contribution < 1.29 is 28.6 Å². The van der Waals surface area contributed by atoms with E-state index in [1.807, 2.05) is 0 Å². The molecule has 0 aromatic rings. The van der Waals surface area contributed by atoms with Gasteiger partial charge in [0.2, 0.25) is 0 Å². The molecule has 52 heavy (non-hydrogen) atoms. The first kappa shape index (κ1) is 50.1. The van der Waals surface area contributed by atoms with Crippen LogP contribution in [0, 0.1) is 0 Å². The molecule has 0 aliphatic rings. The molecule has 1 atom stereocenters. The molecule has 0 fully saturated rings. The van der Waals surface area contributed by atoms with E-state index >= 15 is 0 Å². The molecule has 0 saturated heterocycles. The lowest BCUT2D eigenvalue weighted by Gasteiger charge is -2.18. The fourth-order valence-corrected chi connectivity index (χ4v) is 6.54. The molecule has 306 valence electrons. The zero-order valence-corrected chi connectivity index (χ0v) is 34.8. The molecule has 0 aliphatic heterocycles. The van der Waals surface area contributed by atoms with E-state index in [0.29, 0.717) is 19.3 Å². The van der Waals surface area contributed by atoms with Crippen LogP contribution in [-0.2, 0) is 28.6 Å². The lowest BCUT2D eigenvalue weighted by Crippen LogP contribution is -2.30. The smallest absolute Gasteiger partial charge is 0.306 e. The zero-order valence-electron chi connectivity index (χ0n) is 34.8. The van der Waals surface area contributed by atoms with Crippen LogP contribution >= 0.6 is 0 Å². The van der Waals surface area contributed by atoms with Crippen molar-refractivity contribution in [1.82, 2.24) is 0 Å². The zero-order chi connectivity index (χ0) is 38.0. The molecule has 0 spiro atoms. The third kappa shape index (κ3) is 39.4. The monoisotopic (exact) mass is 735 g/mol. The van der Waals surface area contributed by atoms with E-state index in [0.717, 1.165) is 77.0 Å². The highest BCUT2D eigenvalue weighted by atomic mass is 16.6. The third-order valence-electron chi connectivity index (χ3n) is 10.0. The largest absolute Gasteiger partial charge is 0.462 e. The summed E-state index contributed by atoms with van der Waals surface area (Å²) < 4.78 is 16.7. The Labute approximate surface area is 322 Å². The Morgan fingerprint density at radius 1 is 0.365 bits per heavy atom. The van der Waals surface area contributed by atoms with Gasteiger partial charge in [0.15, 0.2) is 6.10 Å². The van der Waals surface area contributed by atoms with Crippen molar-refractivity contribution >= 4 is 17.9 Å². The summed E-state index contributed by atoms with van der Waals surface area (Å²) >= 11 is 0. The maximum absolute atomic E-state index is 12.7. The first-order chi connectivity index (χ1) is 25.5. The Bertz CT molecular complexity index is 809. The molecule has 0 amide bonds. The molecule has 0 saturated carbocycles. The standard InChI is InChI=1S/C46H86O6/c1-4-7-10-13-16-19-22-23-24-25-28-30-33-36-39-45(48)51-42-43(52-46(49)40-37-34-31-27-21-18-15-12-9-6-3)41-50-44(47)38-35-32-29-26-20-17-14-11-8-5-2/h15,18,43H,4-14,16-17,19-42H2,1-3H3/b18-15-. The number of hydrogen-bond donors (Lipinski definition) is 0. The maximum Gasteiger partial charge on any atom is 0.306 e. The number of carbonyl (C=O) groups is 3. The van der Waals surface area contributed by atoms with Gasteiger partial charge in [0, 0.05) is 19.3 Å². The van der Waals surface area contributed by atoms with Crippen molar-refractivity contribution in [2.75, 3.05) is 13.2 Å². The Hall–Kier alpha value is -1.85. The molecule has 0 rings (SSSR count). The van der Waals surface area contributed by atoms with E-state index in [4.69, 9.17) is 14.2 Å². The first-order valence-electron chi connectivity index (χ1n) is 22.7. The number of esters is 3. The van der Waals surface area contributed by atoms with Gasteiger partial charge in [-0.1, -0.05) is 200 Å². The van der Waals surface area contributed by atoms with Crippen LogP contribution in [0.15, 0.2) is 12.2 Å². The van der Waals surface area contributed by atoms with Crippen LogP contribution < -0.4 is 0 Å². The van der Waals surface area contributed by atoms with Crippen LogP contribution in [0.1, 0.15) is 245 Å². The SMILES string of the molecule is CCCC/C=C\CCCCCCC(=O)OC(COC(=O)CCCCCCCCCCCC)COC(=O)CCCCCCCCCCCCCCCC. The molecule has 6 heteroatoms. The quantitative estimate of drug-likeness (QED) is 0.0269. The minimum atomic E-state index is -0.766. The van der Waals surface area contributed by atoms with Crippen molar-refractivity contribution in [3.8, 4) is 0 Å². The lowest BCUT2D eigenvalue weighted by molar-refractivity contribution is -0.167. The van der Waals surface area contributed by atoms with Crippen molar-refractivity contribution in [2.24, 2.45) is 0 Å². The minimum absolute atomic E-state index is 0.0704. The van der Waals surface area contributed by atoms with Gasteiger partial charge in [-0.2, -0.15) is 0 Å². The van der Waals surface area contributed by atoms with Gasteiger partial charge >= 0.3 is 17.9 Å². The van der Waals surface area contributed by atoms with Crippen molar-refractivity contribution in [2.45, 2.75) is 252 Å². The van der Waals surface area contributed by atoms with Crippen LogP contribution in [0.5, 0.6) is 0 Å². The molecule has 0 heterocycles. The van der Waals surface area contributed by atoms with Gasteiger partial charge in [0.1, 0.15) is 13.2 Å². The number of allylic oxidation sites excluding steroid dienone is 2. The molecular formula is C46H86O6. The van der Waals surface area contributed by atoms with Crippen LogP contribution in [0.2, 0.25) is 0 Å².